The van der Waals surface area contributed by atoms with E-state index in [9.17, 15) is 19.2 Å². The van der Waals surface area contributed by atoms with Crippen molar-refractivity contribution in [2.24, 2.45) is 9.98 Å². The molecule has 0 heterocycles. The number of hydrogen-bond acceptors (Lipinski definition) is 11. The summed E-state index contributed by atoms with van der Waals surface area (Å²) in [4.78, 5) is 51.0. The lowest BCUT2D eigenvalue weighted by Crippen LogP contribution is -2.27. The topological polar surface area (TPSA) is 139 Å². The van der Waals surface area contributed by atoms with Crippen LogP contribution in [0.15, 0.2) is 58.5 Å². The molecule has 11 nitrogen and oxygen atoms in total. The highest BCUT2D eigenvalue weighted by atomic mass is 16.6. The number of rotatable bonds is 15. The minimum atomic E-state index is -0.846. The maximum absolute atomic E-state index is 12.0. The number of hydrogen-bond donors (Lipinski definition) is 0. The predicted octanol–water partition coefficient (Wildman–Crippen LogP) is 2.96. The minimum absolute atomic E-state index is 0.0122. The Kier molecular flexibility index (Phi) is 12.0. The molecule has 0 N–H and O–H groups in total. The van der Waals surface area contributed by atoms with Gasteiger partial charge in [0.15, 0.2) is 6.10 Å². The Morgan fingerprint density at radius 2 is 1.31 bits per heavy atom. The summed E-state index contributed by atoms with van der Waals surface area (Å²) in [5, 5.41) is 0. The van der Waals surface area contributed by atoms with Crippen LogP contribution in [0.25, 0.3) is 0 Å². The zero-order valence-electron chi connectivity index (χ0n) is 19.0. The number of carbonyl (C=O) groups is 2. The van der Waals surface area contributed by atoms with E-state index >= 15 is 0 Å². The van der Waals surface area contributed by atoms with Crippen LogP contribution in [-0.4, -0.2) is 63.2 Å². The molecule has 0 aliphatic rings. The first-order valence-corrected chi connectivity index (χ1v) is 10.6. The summed E-state index contributed by atoms with van der Waals surface area (Å²) >= 11 is 0. The van der Waals surface area contributed by atoms with Gasteiger partial charge in [0, 0.05) is 0 Å². The smallest absolute Gasteiger partial charge is 0.347 e. The monoisotopic (exact) mass is 484 g/mol. The number of carbonyl (C=O) groups excluding carboxylic acids is 4. The van der Waals surface area contributed by atoms with Crippen molar-refractivity contribution in [2.45, 2.75) is 19.4 Å². The molecule has 2 aromatic carbocycles. The van der Waals surface area contributed by atoms with Crippen LogP contribution in [0.3, 0.4) is 0 Å². The number of isocyanates is 2. The normalized spacial score (nSPS) is 10.8. The third-order valence-electron chi connectivity index (χ3n) is 4.21. The quantitative estimate of drug-likeness (QED) is 0.161. The highest BCUT2D eigenvalue weighted by molar-refractivity contribution is 5.74. The summed E-state index contributed by atoms with van der Waals surface area (Å²) in [6.07, 6.45) is 2.09. The Hall–Kier alpha value is -4.30. The fourth-order valence-electron chi connectivity index (χ4n) is 2.53. The Bertz CT molecular complexity index is 1040. The van der Waals surface area contributed by atoms with Crippen molar-refractivity contribution in [1.82, 2.24) is 0 Å². The van der Waals surface area contributed by atoms with Gasteiger partial charge in [-0.1, -0.05) is 0 Å². The minimum Gasteiger partial charge on any atom is -0.493 e. The van der Waals surface area contributed by atoms with Gasteiger partial charge >= 0.3 is 11.9 Å². The van der Waals surface area contributed by atoms with Crippen LogP contribution < -0.4 is 9.47 Å². The molecule has 2 rings (SSSR count). The van der Waals surface area contributed by atoms with Gasteiger partial charge in [0.2, 0.25) is 12.2 Å². The number of nitrogens with zero attached hydrogens (tertiary/aromatic N) is 2. The standard InChI is InChI=1S/C24H24N2O9/c1-18(35-22-8-4-20(5-9-22)26-17-28)24(30)34-15-13-31-12-14-33-23(29)10-11-32-21-6-2-19(3-7-21)25-16-27/h2-9,18H,10-15H2,1H3. The molecule has 184 valence electrons. The molecule has 1 atom stereocenters. The van der Waals surface area contributed by atoms with E-state index in [1.807, 2.05) is 0 Å². The molecule has 0 fully saturated rings. The van der Waals surface area contributed by atoms with Crippen molar-refractivity contribution < 1.29 is 42.9 Å². The first kappa shape index (κ1) is 26.9. The predicted molar refractivity (Wildman–Crippen MR) is 121 cm³/mol. The number of esters is 2. The summed E-state index contributed by atoms with van der Waals surface area (Å²) in [5.41, 5.74) is 0.881. The highest BCUT2D eigenvalue weighted by Crippen LogP contribution is 2.19. The molecule has 0 aliphatic carbocycles. The summed E-state index contributed by atoms with van der Waals surface area (Å²) in [6, 6.07) is 12.7. The van der Waals surface area contributed by atoms with Gasteiger partial charge in [0.05, 0.1) is 37.6 Å². The van der Waals surface area contributed by atoms with Crippen LogP contribution in [0.5, 0.6) is 11.5 Å². The Labute approximate surface area is 201 Å². The van der Waals surface area contributed by atoms with Gasteiger partial charge in [0.25, 0.3) is 0 Å². The molecule has 0 aromatic heterocycles. The molecule has 0 saturated carbocycles. The lowest BCUT2D eigenvalue weighted by atomic mass is 10.3. The van der Waals surface area contributed by atoms with Crippen LogP contribution in [0, 0.1) is 0 Å². The first-order chi connectivity index (χ1) is 17.0. The van der Waals surface area contributed by atoms with Crippen LogP contribution in [-0.2, 0) is 33.4 Å². The van der Waals surface area contributed by atoms with E-state index in [4.69, 9.17) is 23.7 Å². The van der Waals surface area contributed by atoms with Crippen LogP contribution in [0.2, 0.25) is 0 Å². The maximum atomic E-state index is 12.0. The van der Waals surface area contributed by atoms with E-state index in [-0.39, 0.29) is 39.5 Å². The average molecular weight is 484 g/mol. The van der Waals surface area contributed by atoms with Gasteiger partial charge in [-0.05, 0) is 55.5 Å². The maximum Gasteiger partial charge on any atom is 0.347 e. The third-order valence-corrected chi connectivity index (χ3v) is 4.21. The molecule has 0 amide bonds. The number of benzene rings is 2. The van der Waals surface area contributed by atoms with Crippen molar-refractivity contribution in [3.05, 3.63) is 48.5 Å². The Morgan fingerprint density at radius 1 is 0.771 bits per heavy atom. The van der Waals surface area contributed by atoms with Crippen LogP contribution >= 0.6 is 0 Å². The summed E-state index contributed by atoms with van der Waals surface area (Å²) in [6.45, 7) is 2.00. The van der Waals surface area contributed by atoms with Gasteiger partial charge in [-0.2, -0.15) is 9.98 Å². The lowest BCUT2D eigenvalue weighted by molar-refractivity contribution is -0.153. The lowest BCUT2D eigenvalue weighted by Gasteiger charge is -2.14. The van der Waals surface area contributed by atoms with E-state index < -0.39 is 18.0 Å². The van der Waals surface area contributed by atoms with E-state index in [1.54, 1.807) is 55.5 Å². The molecule has 0 saturated heterocycles. The van der Waals surface area contributed by atoms with E-state index in [0.717, 1.165) is 0 Å². The SMILES string of the molecule is CC(Oc1ccc(N=C=O)cc1)C(=O)OCCOCCOC(=O)CCOc1ccc(N=C=O)cc1. The van der Waals surface area contributed by atoms with Crippen molar-refractivity contribution in [1.29, 1.82) is 0 Å². The zero-order valence-corrected chi connectivity index (χ0v) is 19.0. The molecule has 35 heavy (non-hydrogen) atoms. The molecule has 11 heteroatoms. The largest absolute Gasteiger partial charge is 0.493 e. The molecular weight excluding hydrogens is 460 g/mol. The molecule has 1 unspecified atom stereocenters. The van der Waals surface area contributed by atoms with Crippen molar-refractivity contribution >= 4 is 35.5 Å². The Balaban J connectivity index is 1.49. The second kappa shape index (κ2) is 15.5. The van der Waals surface area contributed by atoms with E-state index in [1.165, 1.54) is 12.2 Å². The third kappa shape index (κ3) is 10.9. The molecule has 2 aromatic rings. The molecule has 0 aliphatic heterocycles. The van der Waals surface area contributed by atoms with Crippen molar-refractivity contribution in [2.75, 3.05) is 33.0 Å². The second-order valence-corrected chi connectivity index (χ2v) is 6.75. The van der Waals surface area contributed by atoms with Gasteiger partial charge in [0.1, 0.15) is 24.7 Å². The Morgan fingerprint density at radius 3 is 1.89 bits per heavy atom. The first-order valence-electron chi connectivity index (χ1n) is 10.6. The molecule has 0 bridgehead atoms. The number of ether oxygens (including phenoxy) is 5. The van der Waals surface area contributed by atoms with Crippen LogP contribution in [0.1, 0.15) is 13.3 Å². The van der Waals surface area contributed by atoms with Gasteiger partial charge in [-0.3, -0.25) is 4.79 Å². The van der Waals surface area contributed by atoms with Gasteiger partial charge < -0.3 is 23.7 Å². The fourth-order valence-corrected chi connectivity index (χ4v) is 2.53. The summed E-state index contributed by atoms with van der Waals surface area (Å²) in [7, 11) is 0. The molecule has 0 radical (unpaired) electrons. The summed E-state index contributed by atoms with van der Waals surface area (Å²) < 4.78 is 26.3. The summed E-state index contributed by atoms with van der Waals surface area (Å²) in [5.74, 6) is -0.0623. The molecular formula is C24H24N2O9. The van der Waals surface area contributed by atoms with Crippen molar-refractivity contribution in [3.8, 4) is 11.5 Å². The molecule has 0 spiro atoms. The van der Waals surface area contributed by atoms with Crippen LogP contribution in [0.4, 0.5) is 11.4 Å². The zero-order chi connectivity index (χ0) is 25.3. The second-order valence-electron chi connectivity index (χ2n) is 6.75. The van der Waals surface area contributed by atoms with Crippen molar-refractivity contribution in [3.63, 3.8) is 0 Å². The number of aliphatic imine (C=N–C) groups is 2. The van der Waals surface area contributed by atoms with Gasteiger partial charge in [-0.15, -0.1) is 0 Å². The highest BCUT2D eigenvalue weighted by Gasteiger charge is 2.16. The van der Waals surface area contributed by atoms with E-state index in [0.29, 0.717) is 22.9 Å². The fraction of sp³-hybridized carbons (Fsp3) is 0.333. The average Bonchev–Trinajstić information content (AvgIpc) is 2.86. The van der Waals surface area contributed by atoms with E-state index in [2.05, 4.69) is 9.98 Å². The van der Waals surface area contributed by atoms with Gasteiger partial charge in [-0.25, -0.2) is 14.4 Å².